The number of aryl methyl sites for hydroxylation is 2. The van der Waals surface area contributed by atoms with Gasteiger partial charge in [-0.1, -0.05) is 18.2 Å². The second kappa shape index (κ2) is 7.59. The quantitative estimate of drug-likeness (QED) is 0.857. The van der Waals surface area contributed by atoms with Crippen molar-refractivity contribution in [2.75, 3.05) is 13.2 Å². The summed E-state index contributed by atoms with van der Waals surface area (Å²) in [6.07, 6.45) is 3.38. The van der Waals surface area contributed by atoms with Crippen LogP contribution in [0.1, 0.15) is 29.1 Å². The van der Waals surface area contributed by atoms with E-state index >= 15 is 0 Å². The zero-order chi connectivity index (χ0) is 16.1. The minimum Gasteiger partial charge on any atom is -0.493 e. The van der Waals surface area contributed by atoms with Crippen LogP contribution in [0, 0.1) is 12.8 Å². The summed E-state index contributed by atoms with van der Waals surface area (Å²) in [7, 11) is 0. The molecule has 2 aromatic rings. The summed E-state index contributed by atoms with van der Waals surface area (Å²) >= 11 is 1.69. The van der Waals surface area contributed by atoms with Gasteiger partial charge >= 0.3 is 0 Å². The van der Waals surface area contributed by atoms with E-state index in [0.29, 0.717) is 13.2 Å². The van der Waals surface area contributed by atoms with Crippen LogP contribution in [0.3, 0.4) is 0 Å². The molecule has 1 aliphatic rings. The fourth-order valence-electron chi connectivity index (χ4n) is 2.83. The molecule has 1 amide bonds. The van der Waals surface area contributed by atoms with Gasteiger partial charge in [0, 0.05) is 30.0 Å². The molecule has 0 radical (unpaired) electrons. The first-order valence-electron chi connectivity index (χ1n) is 8.12. The fraction of sp³-hybridized carbons (Fsp3) is 0.444. The topological polar surface area (TPSA) is 51.2 Å². The summed E-state index contributed by atoms with van der Waals surface area (Å²) in [6.45, 7) is 3.32. The predicted molar refractivity (Wildman–Crippen MR) is 91.9 cm³/mol. The van der Waals surface area contributed by atoms with Gasteiger partial charge in [0.2, 0.25) is 5.91 Å². The van der Waals surface area contributed by atoms with E-state index < -0.39 is 0 Å². The van der Waals surface area contributed by atoms with E-state index in [2.05, 4.69) is 15.7 Å². The van der Waals surface area contributed by atoms with Crippen molar-refractivity contribution in [2.45, 2.75) is 32.6 Å². The molecule has 0 spiro atoms. The zero-order valence-corrected chi connectivity index (χ0v) is 14.2. The van der Waals surface area contributed by atoms with E-state index in [4.69, 9.17) is 4.74 Å². The van der Waals surface area contributed by atoms with Gasteiger partial charge in [0.1, 0.15) is 5.75 Å². The van der Waals surface area contributed by atoms with Gasteiger partial charge in [-0.05, 0) is 37.8 Å². The molecule has 0 saturated carbocycles. The molecular formula is C18H22N2O2S. The summed E-state index contributed by atoms with van der Waals surface area (Å²) < 4.78 is 5.73. The number of aromatic nitrogens is 1. The summed E-state index contributed by atoms with van der Waals surface area (Å²) in [5.74, 6) is 1.06. The van der Waals surface area contributed by atoms with Crippen LogP contribution in [-0.2, 0) is 17.6 Å². The third kappa shape index (κ3) is 4.32. The number of carbonyl (C=O) groups excluding carboxylic acids is 1. The molecule has 1 aromatic heterocycles. The Hall–Kier alpha value is -1.88. The van der Waals surface area contributed by atoms with Crippen molar-refractivity contribution >= 4 is 17.2 Å². The monoisotopic (exact) mass is 330 g/mol. The van der Waals surface area contributed by atoms with Crippen LogP contribution >= 0.6 is 11.3 Å². The lowest BCUT2D eigenvalue weighted by Crippen LogP contribution is -2.33. The largest absolute Gasteiger partial charge is 0.493 e. The number of rotatable bonds is 5. The number of nitrogens with zero attached hydrogens (tertiary/aromatic N) is 1. The van der Waals surface area contributed by atoms with E-state index in [1.165, 1.54) is 0 Å². The molecule has 0 fully saturated rings. The molecular weight excluding hydrogens is 308 g/mol. The Morgan fingerprint density at radius 2 is 2.30 bits per heavy atom. The highest BCUT2D eigenvalue weighted by molar-refractivity contribution is 7.09. The highest BCUT2D eigenvalue weighted by Gasteiger charge is 2.23. The first kappa shape index (κ1) is 16.0. The smallest absolute Gasteiger partial charge is 0.223 e. The summed E-state index contributed by atoms with van der Waals surface area (Å²) in [5, 5.41) is 6.28. The van der Waals surface area contributed by atoms with Crippen molar-refractivity contribution in [3.8, 4) is 5.75 Å². The van der Waals surface area contributed by atoms with Crippen LogP contribution in [0.15, 0.2) is 29.6 Å². The molecule has 1 aliphatic heterocycles. The van der Waals surface area contributed by atoms with Gasteiger partial charge < -0.3 is 10.1 Å². The maximum absolute atomic E-state index is 12.4. The Labute approximate surface area is 140 Å². The normalized spacial score (nSPS) is 17.0. The molecule has 1 N–H and O–H groups in total. The minimum atomic E-state index is 0.000701. The van der Waals surface area contributed by atoms with Crippen molar-refractivity contribution in [3.63, 3.8) is 0 Å². The lowest BCUT2D eigenvalue weighted by molar-refractivity contribution is -0.125. The number of hydrogen-bond acceptors (Lipinski definition) is 4. The summed E-state index contributed by atoms with van der Waals surface area (Å²) in [4.78, 5) is 16.8. The molecule has 23 heavy (non-hydrogen) atoms. The number of para-hydroxylation sites is 1. The van der Waals surface area contributed by atoms with Crippen molar-refractivity contribution < 1.29 is 9.53 Å². The highest BCUT2D eigenvalue weighted by atomic mass is 32.1. The van der Waals surface area contributed by atoms with Crippen molar-refractivity contribution in [1.29, 1.82) is 0 Å². The van der Waals surface area contributed by atoms with Crippen molar-refractivity contribution in [1.82, 2.24) is 10.3 Å². The van der Waals surface area contributed by atoms with Gasteiger partial charge in [-0.3, -0.25) is 4.79 Å². The van der Waals surface area contributed by atoms with Crippen molar-refractivity contribution in [3.05, 3.63) is 45.9 Å². The Balaban J connectivity index is 1.46. The van der Waals surface area contributed by atoms with Crippen LogP contribution < -0.4 is 10.1 Å². The first-order valence-corrected chi connectivity index (χ1v) is 9.00. The number of hydrogen-bond donors (Lipinski definition) is 1. The van der Waals surface area contributed by atoms with Gasteiger partial charge in [0.05, 0.1) is 11.6 Å². The van der Waals surface area contributed by atoms with E-state index in [9.17, 15) is 4.79 Å². The average Bonchev–Trinajstić information content (AvgIpc) is 2.84. The molecule has 4 nitrogen and oxygen atoms in total. The van der Waals surface area contributed by atoms with Gasteiger partial charge in [-0.2, -0.15) is 0 Å². The second-order valence-corrected chi connectivity index (χ2v) is 6.87. The van der Waals surface area contributed by atoms with Crippen LogP contribution in [0.2, 0.25) is 0 Å². The molecule has 0 aliphatic carbocycles. The van der Waals surface area contributed by atoms with Gasteiger partial charge in [-0.15, -0.1) is 11.3 Å². The minimum absolute atomic E-state index is 0.000701. The Morgan fingerprint density at radius 3 is 3.13 bits per heavy atom. The molecule has 0 saturated heterocycles. The average molecular weight is 330 g/mol. The van der Waals surface area contributed by atoms with Gasteiger partial charge in [0.25, 0.3) is 0 Å². The zero-order valence-electron chi connectivity index (χ0n) is 13.4. The molecule has 1 unspecified atom stereocenters. The molecule has 122 valence electrons. The Bertz CT molecular complexity index is 669. The fourth-order valence-corrected chi connectivity index (χ4v) is 3.65. The summed E-state index contributed by atoms with van der Waals surface area (Å²) in [5.41, 5.74) is 2.20. The standard InChI is InChI=1S/C18H22N2O2S/c1-13-12-23-17(20-13)7-4-9-19-18(21)15-8-10-22-16-6-3-2-5-14(16)11-15/h2-3,5-6,12,15H,4,7-11H2,1H3,(H,19,21). The highest BCUT2D eigenvalue weighted by Crippen LogP contribution is 2.26. The lowest BCUT2D eigenvalue weighted by atomic mass is 9.96. The molecule has 3 rings (SSSR count). The van der Waals surface area contributed by atoms with Crippen LogP contribution in [0.25, 0.3) is 0 Å². The molecule has 0 bridgehead atoms. The third-order valence-corrected chi connectivity index (χ3v) is 5.09. The maximum atomic E-state index is 12.4. The number of thiazole rings is 1. The third-order valence-electron chi connectivity index (χ3n) is 4.07. The Morgan fingerprint density at radius 1 is 1.43 bits per heavy atom. The first-order chi connectivity index (χ1) is 11.2. The van der Waals surface area contributed by atoms with Gasteiger partial charge in [0.15, 0.2) is 0 Å². The number of fused-ring (bicyclic) bond motifs is 1. The number of carbonyl (C=O) groups is 1. The molecule has 2 heterocycles. The number of amides is 1. The van der Waals surface area contributed by atoms with E-state index in [1.807, 2.05) is 31.2 Å². The number of ether oxygens (including phenoxy) is 1. The summed E-state index contributed by atoms with van der Waals surface area (Å²) in [6, 6.07) is 8.00. The van der Waals surface area contributed by atoms with E-state index in [1.54, 1.807) is 11.3 Å². The van der Waals surface area contributed by atoms with E-state index in [0.717, 1.165) is 47.7 Å². The molecule has 1 aromatic carbocycles. The molecule has 1 atom stereocenters. The van der Waals surface area contributed by atoms with E-state index in [-0.39, 0.29) is 11.8 Å². The van der Waals surface area contributed by atoms with Gasteiger partial charge in [-0.25, -0.2) is 4.98 Å². The Kier molecular flexibility index (Phi) is 5.28. The SMILES string of the molecule is Cc1csc(CCCNC(=O)C2CCOc3ccccc3C2)n1. The van der Waals surface area contributed by atoms with Crippen LogP contribution in [-0.4, -0.2) is 24.0 Å². The van der Waals surface area contributed by atoms with Crippen LogP contribution in [0.4, 0.5) is 0 Å². The number of benzene rings is 1. The number of nitrogens with one attached hydrogen (secondary N) is 1. The lowest BCUT2D eigenvalue weighted by Gasteiger charge is -2.13. The maximum Gasteiger partial charge on any atom is 0.223 e. The predicted octanol–water partition coefficient (Wildman–Crippen LogP) is 3.14. The molecule has 5 heteroatoms. The second-order valence-electron chi connectivity index (χ2n) is 5.92. The van der Waals surface area contributed by atoms with Crippen molar-refractivity contribution in [2.24, 2.45) is 5.92 Å². The van der Waals surface area contributed by atoms with Crippen LogP contribution in [0.5, 0.6) is 5.75 Å².